The highest BCUT2D eigenvalue weighted by atomic mass is 32.2. The number of aromatic amines is 1. The summed E-state index contributed by atoms with van der Waals surface area (Å²) in [7, 11) is -3.46. The van der Waals surface area contributed by atoms with Crippen LogP contribution in [0, 0.1) is 6.92 Å². The number of hydrogen-bond donors (Lipinski definition) is 4. The van der Waals surface area contributed by atoms with Crippen LogP contribution in [0.15, 0.2) is 47.6 Å². The molecule has 10 nitrogen and oxygen atoms in total. The number of aromatic nitrogens is 4. The number of fused-ring (bicyclic) bond motifs is 1. The largest absolute Gasteiger partial charge is 0.489 e. The van der Waals surface area contributed by atoms with Crippen molar-refractivity contribution in [2.24, 2.45) is 0 Å². The molecule has 0 radical (unpaired) electrons. The molecule has 0 bridgehead atoms. The van der Waals surface area contributed by atoms with Crippen LogP contribution in [-0.2, 0) is 9.84 Å². The fraction of sp³-hybridized carbons (Fsp3) is 0.370. The third-order valence-electron chi connectivity index (χ3n) is 6.57. The second-order valence-corrected chi connectivity index (χ2v) is 11.9. The standard InChI is InChI=1S/C27H33N7O3S/c1-16(2)37-22-14-19(18-9-11-28-12-10-18)17(3)13-21(22)32-27-33-25-24(29-15-30-25)26(34-27)31-20-7-5-6-8-23(20)38(4,35)36/h5-8,13-16,18,28H,9-12H2,1-4H3,(H3,29,30,31,32,33,34). The summed E-state index contributed by atoms with van der Waals surface area (Å²) in [6.07, 6.45) is 4.88. The fourth-order valence-corrected chi connectivity index (χ4v) is 5.69. The molecular formula is C27H33N7O3S. The quantitative estimate of drug-likeness (QED) is 0.251. The zero-order valence-corrected chi connectivity index (χ0v) is 22.8. The van der Waals surface area contributed by atoms with E-state index in [1.165, 1.54) is 23.7 Å². The predicted octanol–water partition coefficient (Wildman–Crippen LogP) is 4.81. The van der Waals surface area contributed by atoms with Crippen molar-refractivity contribution in [3.05, 3.63) is 53.9 Å². The monoisotopic (exact) mass is 535 g/mol. The summed E-state index contributed by atoms with van der Waals surface area (Å²) in [4.78, 5) is 16.8. The van der Waals surface area contributed by atoms with Gasteiger partial charge in [0.15, 0.2) is 26.8 Å². The van der Waals surface area contributed by atoms with Crippen molar-refractivity contribution in [1.82, 2.24) is 25.3 Å². The molecule has 0 spiro atoms. The van der Waals surface area contributed by atoms with Crippen LogP contribution in [0.4, 0.5) is 23.1 Å². The van der Waals surface area contributed by atoms with Crippen LogP contribution in [0.1, 0.15) is 43.7 Å². The third-order valence-corrected chi connectivity index (χ3v) is 7.73. The Hall–Kier alpha value is -3.70. The van der Waals surface area contributed by atoms with Gasteiger partial charge in [0.25, 0.3) is 0 Å². The molecule has 4 N–H and O–H groups in total. The van der Waals surface area contributed by atoms with Crippen LogP contribution < -0.4 is 20.7 Å². The molecule has 4 aromatic rings. The Morgan fingerprint density at radius 1 is 1.05 bits per heavy atom. The average Bonchev–Trinajstić information content (AvgIpc) is 3.35. The molecule has 1 aliphatic heterocycles. The Kier molecular flexibility index (Phi) is 7.22. The summed E-state index contributed by atoms with van der Waals surface area (Å²) in [6, 6.07) is 10.9. The average molecular weight is 536 g/mol. The van der Waals surface area contributed by atoms with E-state index in [-0.39, 0.29) is 11.0 Å². The molecule has 0 saturated carbocycles. The molecule has 11 heteroatoms. The lowest BCUT2D eigenvalue weighted by atomic mass is 9.87. The molecule has 2 aromatic carbocycles. The number of nitrogens with one attached hydrogen (secondary N) is 4. The van der Waals surface area contributed by atoms with E-state index in [1.54, 1.807) is 24.3 Å². The zero-order chi connectivity index (χ0) is 26.9. The number of rotatable bonds is 8. The number of aryl methyl sites for hydroxylation is 1. The number of imidazole rings is 1. The van der Waals surface area contributed by atoms with Crippen molar-refractivity contribution < 1.29 is 13.2 Å². The molecule has 0 amide bonds. The second kappa shape index (κ2) is 10.6. The van der Waals surface area contributed by atoms with E-state index in [4.69, 9.17) is 4.74 Å². The van der Waals surface area contributed by atoms with Gasteiger partial charge < -0.3 is 25.7 Å². The van der Waals surface area contributed by atoms with E-state index in [0.29, 0.717) is 34.5 Å². The van der Waals surface area contributed by atoms with E-state index in [2.05, 4.69) is 54.9 Å². The van der Waals surface area contributed by atoms with Gasteiger partial charge >= 0.3 is 0 Å². The summed E-state index contributed by atoms with van der Waals surface area (Å²) in [6.45, 7) is 8.15. The lowest BCUT2D eigenvalue weighted by Crippen LogP contribution is -2.27. The molecule has 3 heterocycles. The van der Waals surface area contributed by atoms with Crippen LogP contribution in [0.3, 0.4) is 0 Å². The molecule has 5 rings (SSSR count). The highest BCUT2D eigenvalue weighted by Gasteiger charge is 2.21. The number of benzene rings is 2. The molecule has 0 atom stereocenters. The zero-order valence-electron chi connectivity index (χ0n) is 22.0. The Balaban J connectivity index is 1.53. The summed E-state index contributed by atoms with van der Waals surface area (Å²) >= 11 is 0. The van der Waals surface area contributed by atoms with Gasteiger partial charge in [-0.15, -0.1) is 0 Å². The van der Waals surface area contributed by atoms with E-state index in [9.17, 15) is 8.42 Å². The van der Waals surface area contributed by atoms with Crippen molar-refractivity contribution in [2.45, 2.75) is 50.5 Å². The number of H-pyrrole nitrogens is 1. The Labute approximate surface area is 222 Å². The molecule has 0 aliphatic carbocycles. The van der Waals surface area contributed by atoms with Crippen molar-refractivity contribution in [2.75, 3.05) is 30.0 Å². The highest BCUT2D eigenvalue weighted by Crippen LogP contribution is 2.37. The van der Waals surface area contributed by atoms with Crippen molar-refractivity contribution in [3.8, 4) is 5.75 Å². The molecule has 2 aromatic heterocycles. The maximum absolute atomic E-state index is 12.3. The Morgan fingerprint density at radius 2 is 1.82 bits per heavy atom. The van der Waals surface area contributed by atoms with Gasteiger partial charge in [-0.1, -0.05) is 12.1 Å². The lowest BCUT2D eigenvalue weighted by Gasteiger charge is -2.26. The van der Waals surface area contributed by atoms with Crippen LogP contribution >= 0.6 is 0 Å². The number of piperidine rings is 1. The van der Waals surface area contributed by atoms with Gasteiger partial charge in [-0.25, -0.2) is 13.4 Å². The minimum atomic E-state index is -3.46. The van der Waals surface area contributed by atoms with Crippen LogP contribution in [0.5, 0.6) is 5.75 Å². The maximum Gasteiger partial charge on any atom is 0.231 e. The first-order valence-electron chi connectivity index (χ1n) is 12.7. The second-order valence-electron chi connectivity index (χ2n) is 9.91. The molecule has 1 aliphatic rings. The first kappa shape index (κ1) is 25.9. The molecule has 1 saturated heterocycles. The van der Waals surface area contributed by atoms with Crippen LogP contribution in [0.25, 0.3) is 11.2 Å². The SMILES string of the molecule is Cc1cc(Nc2nc(Nc3ccccc3S(C)(=O)=O)c3nc[nH]c3n2)c(OC(C)C)cc1C1CCNCC1. The number of para-hydroxylation sites is 1. The van der Waals surface area contributed by atoms with E-state index >= 15 is 0 Å². The van der Waals surface area contributed by atoms with Gasteiger partial charge in [-0.3, -0.25) is 0 Å². The van der Waals surface area contributed by atoms with E-state index < -0.39 is 9.84 Å². The van der Waals surface area contributed by atoms with Crippen LogP contribution in [-0.4, -0.2) is 53.8 Å². The number of anilines is 4. The lowest BCUT2D eigenvalue weighted by molar-refractivity contribution is 0.243. The molecule has 38 heavy (non-hydrogen) atoms. The van der Waals surface area contributed by atoms with Gasteiger partial charge in [0.2, 0.25) is 5.95 Å². The van der Waals surface area contributed by atoms with Gasteiger partial charge in [-0.05, 0) is 88.0 Å². The van der Waals surface area contributed by atoms with Crippen LogP contribution in [0.2, 0.25) is 0 Å². The highest BCUT2D eigenvalue weighted by molar-refractivity contribution is 7.90. The van der Waals surface area contributed by atoms with E-state index in [1.807, 2.05) is 13.8 Å². The van der Waals surface area contributed by atoms with Gasteiger partial charge in [-0.2, -0.15) is 9.97 Å². The summed E-state index contributed by atoms with van der Waals surface area (Å²) in [5.74, 6) is 1.93. The summed E-state index contributed by atoms with van der Waals surface area (Å²) < 4.78 is 30.9. The fourth-order valence-electron chi connectivity index (χ4n) is 4.85. The first-order valence-corrected chi connectivity index (χ1v) is 14.6. The molecule has 1 fully saturated rings. The van der Waals surface area contributed by atoms with Gasteiger partial charge in [0.05, 0.1) is 28.7 Å². The smallest absolute Gasteiger partial charge is 0.231 e. The number of ether oxygens (including phenoxy) is 1. The number of hydrogen-bond acceptors (Lipinski definition) is 9. The number of sulfone groups is 1. The minimum Gasteiger partial charge on any atom is -0.489 e. The predicted molar refractivity (Wildman–Crippen MR) is 150 cm³/mol. The van der Waals surface area contributed by atoms with Crippen molar-refractivity contribution in [1.29, 1.82) is 0 Å². The molecule has 0 unspecified atom stereocenters. The van der Waals surface area contributed by atoms with Crippen molar-refractivity contribution in [3.63, 3.8) is 0 Å². The first-order chi connectivity index (χ1) is 18.2. The van der Waals surface area contributed by atoms with E-state index in [0.717, 1.165) is 37.4 Å². The third kappa shape index (κ3) is 5.58. The van der Waals surface area contributed by atoms with Gasteiger partial charge in [0.1, 0.15) is 5.75 Å². The topological polar surface area (TPSA) is 134 Å². The minimum absolute atomic E-state index is 0.0140. The summed E-state index contributed by atoms with van der Waals surface area (Å²) in [5, 5.41) is 9.92. The molecular weight excluding hydrogens is 502 g/mol. The summed E-state index contributed by atoms with van der Waals surface area (Å²) in [5.41, 5.74) is 4.66. The normalized spacial score (nSPS) is 14.7. The van der Waals surface area contributed by atoms with Gasteiger partial charge in [0, 0.05) is 6.26 Å². The maximum atomic E-state index is 12.3. The molecule has 200 valence electrons. The number of nitrogens with zero attached hydrogens (tertiary/aromatic N) is 3. The Morgan fingerprint density at radius 3 is 2.55 bits per heavy atom. The Bertz CT molecular complexity index is 1560. The van der Waals surface area contributed by atoms with Crippen molar-refractivity contribution >= 4 is 44.1 Å².